The highest BCUT2D eigenvalue weighted by atomic mass is 16.2. The summed E-state index contributed by atoms with van der Waals surface area (Å²) in [7, 11) is 0. The molecule has 0 radical (unpaired) electrons. The molecule has 114 valence electrons. The Kier molecular flexibility index (Phi) is 5.15. The second kappa shape index (κ2) is 6.87. The van der Waals surface area contributed by atoms with E-state index in [1.54, 1.807) is 0 Å². The molecule has 2 rings (SSSR count). The first kappa shape index (κ1) is 15.7. The van der Waals surface area contributed by atoms with Gasteiger partial charge in [0.25, 0.3) is 0 Å². The minimum atomic E-state index is -0.328. The van der Waals surface area contributed by atoms with E-state index in [-0.39, 0.29) is 66.6 Å². The van der Waals surface area contributed by atoms with E-state index >= 15 is 0 Å². The maximum atomic E-state index is 11.5. The van der Waals surface area contributed by atoms with Crippen molar-refractivity contribution in [1.82, 2.24) is 0 Å². The van der Waals surface area contributed by atoms with Gasteiger partial charge in [0.1, 0.15) is 29.4 Å². The number of aldehydes is 1. The molecule has 2 fully saturated rings. The van der Waals surface area contributed by atoms with Crippen LogP contribution < -0.4 is 0 Å². The van der Waals surface area contributed by atoms with Crippen LogP contribution in [0.3, 0.4) is 0 Å². The molecule has 0 spiro atoms. The predicted molar refractivity (Wildman–Crippen MR) is 73.5 cm³/mol. The summed E-state index contributed by atoms with van der Waals surface area (Å²) < 4.78 is 0. The summed E-state index contributed by atoms with van der Waals surface area (Å²) in [6.45, 7) is 0. The first-order chi connectivity index (χ1) is 9.97. The van der Waals surface area contributed by atoms with Gasteiger partial charge in [0.05, 0.1) is 12.8 Å². The van der Waals surface area contributed by atoms with Gasteiger partial charge < -0.3 is 4.79 Å². The molecular formula is C16H20O5. The highest BCUT2D eigenvalue weighted by Crippen LogP contribution is 2.31. The van der Waals surface area contributed by atoms with Crippen molar-refractivity contribution in [2.75, 3.05) is 0 Å². The lowest BCUT2D eigenvalue weighted by atomic mass is 9.75. The fraction of sp³-hybridized carbons (Fsp3) is 0.688. The molecule has 5 heteroatoms. The molecule has 21 heavy (non-hydrogen) atoms. The summed E-state index contributed by atoms with van der Waals surface area (Å²) in [5.74, 6) is -0.756. The summed E-state index contributed by atoms with van der Waals surface area (Å²) in [4.78, 5) is 57.0. The predicted octanol–water partition coefficient (Wildman–Crippen LogP) is 1.46. The normalized spacial score (nSPS) is 23.4. The molecule has 0 heterocycles. The molecular weight excluding hydrogens is 272 g/mol. The maximum absolute atomic E-state index is 11.5. The van der Waals surface area contributed by atoms with Crippen LogP contribution >= 0.6 is 0 Å². The summed E-state index contributed by atoms with van der Waals surface area (Å²) >= 11 is 0. The van der Waals surface area contributed by atoms with Crippen LogP contribution in [-0.2, 0) is 24.0 Å². The fourth-order valence-electron chi connectivity index (χ4n) is 3.45. The van der Waals surface area contributed by atoms with Gasteiger partial charge in [-0.1, -0.05) is 0 Å². The molecule has 0 amide bonds. The van der Waals surface area contributed by atoms with Crippen molar-refractivity contribution in [2.45, 2.75) is 51.4 Å². The van der Waals surface area contributed by atoms with Crippen molar-refractivity contribution in [1.29, 1.82) is 0 Å². The lowest BCUT2D eigenvalue weighted by molar-refractivity contribution is -0.133. The molecule has 0 bridgehead atoms. The van der Waals surface area contributed by atoms with Gasteiger partial charge in [-0.2, -0.15) is 0 Å². The highest BCUT2D eigenvalue weighted by Gasteiger charge is 2.32. The topological polar surface area (TPSA) is 85.3 Å². The van der Waals surface area contributed by atoms with E-state index in [1.807, 2.05) is 0 Å². The third-order valence-corrected chi connectivity index (χ3v) is 4.49. The van der Waals surface area contributed by atoms with Crippen LogP contribution in [0.1, 0.15) is 51.4 Å². The molecule has 0 saturated heterocycles. The molecule has 0 N–H and O–H groups in total. The van der Waals surface area contributed by atoms with E-state index < -0.39 is 0 Å². The van der Waals surface area contributed by atoms with Gasteiger partial charge in [-0.25, -0.2) is 0 Å². The summed E-state index contributed by atoms with van der Waals surface area (Å²) in [6.07, 6.45) is 3.41. The number of carbonyl (C=O) groups excluding carboxylic acids is 5. The fourth-order valence-corrected chi connectivity index (χ4v) is 3.45. The smallest absolute Gasteiger partial charge is 0.140 e. The van der Waals surface area contributed by atoms with Crippen molar-refractivity contribution in [3.8, 4) is 0 Å². The molecule has 2 aliphatic carbocycles. The van der Waals surface area contributed by atoms with E-state index in [0.717, 1.165) is 6.29 Å². The van der Waals surface area contributed by atoms with E-state index in [9.17, 15) is 24.0 Å². The van der Waals surface area contributed by atoms with Crippen LogP contribution in [0.15, 0.2) is 0 Å². The van der Waals surface area contributed by atoms with E-state index in [1.165, 1.54) is 0 Å². The molecule has 0 aliphatic heterocycles. The Hall–Kier alpha value is -1.65. The zero-order valence-corrected chi connectivity index (χ0v) is 12.0. The van der Waals surface area contributed by atoms with E-state index in [4.69, 9.17) is 0 Å². The number of ketones is 4. The second-order valence-electron chi connectivity index (χ2n) is 6.33. The largest absolute Gasteiger partial charge is 0.303 e. The lowest BCUT2D eigenvalue weighted by Gasteiger charge is -2.27. The van der Waals surface area contributed by atoms with Crippen LogP contribution in [0.25, 0.3) is 0 Å². The lowest BCUT2D eigenvalue weighted by Crippen LogP contribution is -2.30. The summed E-state index contributed by atoms with van der Waals surface area (Å²) in [5, 5.41) is 0. The van der Waals surface area contributed by atoms with Crippen LogP contribution in [0.2, 0.25) is 0 Å². The Labute approximate surface area is 123 Å². The number of hydrogen-bond acceptors (Lipinski definition) is 5. The number of carbonyl (C=O) groups is 5. The van der Waals surface area contributed by atoms with Crippen LogP contribution in [0.5, 0.6) is 0 Å². The quantitative estimate of drug-likeness (QED) is 0.565. The molecule has 2 aliphatic rings. The Morgan fingerprint density at radius 1 is 0.857 bits per heavy atom. The minimum Gasteiger partial charge on any atom is -0.303 e. The molecule has 2 saturated carbocycles. The van der Waals surface area contributed by atoms with Gasteiger partial charge in [-0.15, -0.1) is 0 Å². The first-order valence-electron chi connectivity index (χ1n) is 7.50. The van der Waals surface area contributed by atoms with Crippen molar-refractivity contribution in [3.05, 3.63) is 0 Å². The van der Waals surface area contributed by atoms with Crippen molar-refractivity contribution in [2.24, 2.45) is 17.8 Å². The molecule has 1 unspecified atom stereocenters. The van der Waals surface area contributed by atoms with Crippen molar-refractivity contribution >= 4 is 29.4 Å². The van der Waals surface area contributed by atoms with Gasteiger partial charge >= 0.3 is 0 Å². The molecule has 5 nitrogen and oxygen atoms in total. The van der Waals surface area contributed by atoms with Crippen molar-refractivity contribution < 1.29 is 24.0 Å². The second-order valence-corrected chi connectivity index (χ2v) is 6.33. The Balaban J connectivity index is 1.88. The first-order valence-corrected chi connectivity index (χ1v) is 7.50. The van der Waals surface area contributed by atoms with Gasteiger partial charge in [0.15, 0.2) is 0 Å². The molecule has 0 aromatic carbocycles. The third kappa shape index (κ3) is 4.41. The Bertz CT molecular complexity index is 447. The van der Waals surface area contributed by atoms with Gasteiger partial charge in [-0.05, 0) is 24.7 Å². The van der Waals surface area contributed by atoms with Crippen molar-refractivity contribution in [3.63, 3.8) is 0 Å². The highest BCUT2D eigenvalue weighted by molar-refractivity contribution is 6.02. The number of hydrogen-bond donors (Lipinski definition) is 0. The molecule has 0 aromatic rings. The SMILES string of the molecule is O=CC(CCC1CC(=O)CC(=O)C1)C1CC(=O)CC(=O)C1. The summed E-state index contributed by atoms with van der Waals surface area (Å²) in [6, 6.07) is 0. The van der Waals surface area contributed by atoms with Gasteiger partial charge in [0.2, 0.25) is 0 Å². The Morgan fingerprint density at radius 2 is 1.33 bits per heavy atom. The van der Waals surface area contributed by atoms with Crippen LogP contribution in [0.4, 0.5) is 0 Å². The Morgan fingerprint density at radius 3 is 1.81 bits per heavy atom. The van der Waals surface area contributed by atoms with Gasteiger partial charge in [0, 0.05) is 31.6 Å². The van der Waals surface area contributed by atoms with E-state index in [2.05, 4.69) is 0 Å². The van der Waals surface area contributed by atoms with Crippen LogP contribution in [0, 0.1) is 17.8 Å². The molecule has 0 aromatic heterocycles. The average Bonchev–Trinajstić information content (AvgIpc) is 2.37. The van der Waals surface area contributed by atoms with Gasteiger partial charge in [-0.3, -0.25) is 19.2 Å². The third-order valence-electron chi connectivity index (χ3n) is 4.49. The number of Topliss-reactive ketones (excluding diaryl/α,β-unsaturated/α-hetero) is 4. The van der Waals surface area contributed by atoms with Crippen LogP contribution in [-0.4, -0.2) is 29.4 Å². The van der Waals surface area contributed by atoms with E-state index in [0.29, 0.717) is 25.7 Å². The zero-order valence-electron chi connectivity index (χ0n) is 12.0. The maximum Gasteiger partial charge on any atom is 0.140 e. The standard InChI is InChI=1S/C16H20O5/c17-9-11(12-5-15(20)8-16(21)6-12)2-1-10-3-13(18)7-14(19)4-10/h9-12H,1-8H2. The average molecular weight is 292 g/mol. The molecule has 1 atom stereocenters. The minimum absolute atomic E-state index is 0.00624. The zero-order chi connectivity index (χ0) is 15.4. The summed E-state index contributed by atoms with van der Waals surface area (Å²) in [5.41, 5.74) is 0. The number of rotatable bonds is 5. The monoisotopic (exact) mass is 292 g/mol.